The normalized spacial score (nSPS) is 15.7. The van der Waals surface area contributed by atoms with Crippen molar-refractivity contribution in [2.45, 2.75) is 12.8 Å². The van der Waals surface area contributed by atoms with E-state index in [4.69, 9.17) is 5.11 Å². The summed E-state index contributed by atoms with van der Waals surface area (Å²) in [5.74, 6) is 0.153. The number of aliphatic hydroxyl groups is 1. The summed E-state index contributed by atoms with van der Waals surface area (Å²) in [6.07, 6.45) is 3.05. The number of benzene rings is 2. The van der Waals surface area contributed by atoms with Gasteiger partial charge < -0.3 is 5.11 Å². The minimum absolute atomic E-state index is 0.113. The third-order valence-corrected chi connectivity index (χ3v) is 3.65. The van der Waals surface area contributed by atoms with Crippen LogP contribution in [0.2, 0.25) is 0 Å². The van der Waals surface area contributed by atoms with Crippen LogP contribution >= 0.6 is 0 Å². The number of fused-ring (bicyclic) bond motifs is 2. The van der Waals surface area contributed by atoms with Gasteiger partial charge in [0.2, 0.25) is 0 Å². The number of hydrogen-bond donors (Lipinski definition) is 1. The molecule has 1 N–H and O–H groups in total. The highest BCUT2D eigenvalue weighted by molar-refractivity contribution is 6.06. The molecule has 0 radical (unpaired) electrons. The van der Waals surface area contributed by atoms with E-state index in [1.54, 1.807) is 0 Å². The second-order valence-corrected chi connectivity index (χ2v) is 4.93. The molecule has 2 aromatic carbocycles. The molecular formula is C18H16O2. The first-order valence-corrected chi connectivity index (χ1v) is 6.83. The van der Waals surface area contributed by atoms with Gasteiger partial charge >= 0.3 is 0 Å². The van der Waals surface area contributed by atoms with Crippen LogP contribution in [-0.2, 0) is 6.42 Å². The van der Waals surface area contributed by atoms with E-state index < -0.39 is 0 Å². The number of Topliss-reactive ketones (excluding diaryl/α,β-unsaturated/α-hetero) is 1. The Hall–Kier alpha value is -2.19. The summed E-state index contributed by atoms with van der Waals surface area (Å²) in [6, 6.07) is 15.7. The Labute approximate surface area is 118 Å². The number of aliphatic hydroxyl groups excluding tert-OH is 1. The zero-order valence-corrected chi connectivity index (χ0v) is 11.2. The van der Waals surface area contributed by atoms with E-state index in [-0.39, 0.29) is 12.4 Å². The van der Waals surface area contributed by atoms with Gasteiger partial charge in [-0.3, -0.25) is 4.79 Å². The van der Waals surface area contributed by atoms with E-state index in [9.17, 15) is 4.79 Å². The predicted octanol–water partition coefficient (Wildman–Crippen LogP) is 3.24. The van der Waals surface area contributed by atoms with Crippen LogP contribution < -0.4 is 0 Å². The lowest BCUT2D eigenvalue weighted by Gasteiger charge is -2.11. The van der Waals surface area contributed by atoms with Crippen molar-refractivity contribution >= 4 is 11.4 Å². The van der Waals surface area contributed by atoms with Gasteiger partial charge in [0.05, 0.1) is 0 Å². The number of carbonyl (C=O) groups excluding carboxylic acids is 1. The van der Waals surface area contributed by atoms with Gasteiger partial charge in [-0.1, -0.05) is 54.6 Å². The van der Waals surface area contributed by atoms with Crippen LogP contribution in [0.3, 0.4) is 0 Å². The fraction of sp³-hybridized carbons (Fsp3) is 0.167. The molecule has 0 saturated carbocycles. The Morgan fingerprint density at radius 3 is 2.35 bits per heavy atom. The van der Waals surface area contributed by atoms with Gasteiger partial charge in [-0.2, -0.15) is 0 Å². The fourth-order valence-corrected chi connectivity index (χ4v) is 2.74. The Kier molecular flexibility index (Phi) is 3.48. The van der Waals surface area contributed by atoms with Gasteiger partial charge in [0, 0.05) is 18.6 Å². The lowest BCUT2D eigenvalue weighted by molar-refractivity contribution is 0.0993. The van der Waals surface area contributed by atoms with E-state index in [2.05, 4.69) is 0 Å². The molecule has 0 saturated heterocycles. The molecule has 1 aliphatic carbocycles. The van der Waals surface area contributed by atoms with E-state index >= 15 is 0 Å². The Morgan fingerprint density at radius 1 is 0.950 bits per heavy atom. The molecule has 0 spiro atoms. The molecule has 2 aromatic rings. The first-order valence-electron chi connectivity index (χ1n) is 6.83. The average molecular weight is 264 g/mol. The second-order valence-electron chi connectivity index (χ2n) is 4.93. The quantitative estimate of drug-likeness (QED) is 0.904. The van der Waals surface area contributed by atoms with Crippen molar-refractivity contribution in [1.82, 2.24) is 0 Å². The SMILES string of the molecule is O=C1Cc2ccccc2C(=CCCO)c2ccccc21. The second kappa shape index (κ2) is 5.43. The maximum atomic E-state index is 12.4. The van der Waals surface area contributed by atoms with Gasteiger partial charge in [0.15, 0.2) is 5.78 Å². The summed E-state index contributed by atoms with van der Waals surface area (Å²) in [4.78, 5) is 12.4. The highest BCUT2D eigenvalue weighted by atomic mass is 16.2. The molecule has 0 amide bonds. The van der Waals surface area contributed by atoms with E-state index in [0.29, 0.717) is 12.8 Å². The van der Waals surface area contributed by atoms with E-state index in [1.807, 2.05) is 54.6 Å². The average Bonchev–Trinajstić information content (AvgIpc) is 2.60. The van der Waals surface area contributed by atoms with E-state index in [0.717, 1.165) is 27.8 Å². The molecule has 0 heterocycles. The summed E-state index contributed by atoms with van der Waals surface area (Å²) >= 11 is 0. The number of carbonyl (C=O) groups is 1. The van der Waals surface area contributed by atoms with Crippen LogP contribution in [-0.4, -0.2) is 17.5 Å². The van der Waals surface area contributed by atoms with Crippen LogP contribution in [0.25, 0.3) is 5.57 Å². The van der Waals surface area contributed by atoms with Crippen molar-refractivity contribution in [2.75, 3.05) is 6.61 Å². The van der Waals surface area contributed by atoms with E-state index in [1.165, 1.54) is 0 Å². The molecule has 0 atom stereocenters. The zero-order valence-electron chi connectivity index (χ0n) is 11.2. The first-order chi connectivity index (χ1) is 9.81. The van der Waals surface area contributed by atoms with Crippen LogP contribution in [0.15, 0.2) is 54.6 Å². The van der Waals surface area contributed by atoms with Crippen molar-refractivity contribution in [3.8, 4) is 0 Å². The van der Waals surface area contributed by atoms with Crippen LogP contribution in [0.4, 0.5) is 0 Å². The molecule has 0 unspecified atom stereocenters. The molecule has 0 fully saturated rings. The predicted molar refractivity (Wildman–Crippen MR) is 79.7 cm³/mol. The first kappa shape index (κ1) is 12.8. The van der Waals surface area contributed by atoms with Gasteiger partial charge in [-0.15, -0.1) is 0 Å². The zero-order chi connectivity index (χ0) is 13.9. The minimum atomic E-state index is 0.113. The topological polar surface area (TPSA) is 37.3 Å². The Morgan fingerprint density at radius 2 is 1.60 bits per heavy atom. The number of hydrogen-bond acceptors (Lipinski definition) is 2. The molecule has 3 rings (SSSR count). The van der Waals surface area contributed by atoms with Crippen molar-refractivity contribution in [2.24, 2.45) is 0 Å². The molecule has 100 valence electrons. The highest BCUT2D eigenvalue weighted by Crippen LogP contribution is 2.33. The maximum absolute atomic E-state index is 12.4. The van der Waals surface area contributed by atoms with Crippen LogP contribution in [0.1, 0.15) is 33.5 Å². The van der Waals surface area contributed by atoms with Gasteiger partial charge in [-0.25, -0.2) is 0 Å². The highest BCUT2D eigenvalue weighted by Gasteiger charge is 2.22. The van der Waals surface area contributed by atoms with Crippen molar-refractivity contribution in [3.05, 3.63) is 76.9 Å². The Balaban J connectivity index is 2.26. The molecule has 1 aliphatic rings. The van der Waals surface area contributed by atoms with Crippen LogP contribution in [0.5, 0.6) is 0 Å². The van der Waals surface area contributed by atoms with Crippen molar-refractivity contribution in [3.63, 3.8) is 0 Å². The summed E-state index contributed by atoms with van der Waals surface area (Å²) < 4.78 is 0. The lowest BCUT2D eigenvalue weighted by atomic mass is 9.93. The number of rotatable bonds is 2. The third kappa shape index (κ3) is 2.19. The summed E-state index contributed by atoms with van der Waals surface area (Å²) in [5, 5.41) is 9.10. The number of ketones is 1. The van der Waals surface area contributed by atoms with Gasteiger partial charge in [-0.05, 0) is 28.7 Å². The largest absolute Gasteiger partial charge is 0.396 e. The van der Waals surface area contributed by atoms with Crippen molar-refractivity contribution < 1.29 is 9.90 Å². The standard InChI is InChI=1S/C18H16O2/c19-11-5-10-15-14-7-2-1-6-13(14)12-18(20)17-9-4-3-8-16(15)17/h1-4,6-10,19H,5,11-12H2. The summed E-state index contributed by atoms with van der Waals surface area (Å²) in [5.41, 5.74) is 4.94. The molecule has 0 bridgehead atoms. The summed E-state index contributed by atoms with van der Waals surface area (Å²) in [7, 11) is 0. The molecule has 2 heteroatoms. The maximum Gasteiger partial charge on any atom is 0.167 e. The molecule has 0 aliphatic heterocycles. The fourth-order valence-electron chi connectivity index (χ4n) is 2.74. The van der Waals surface area contributed by atoms with Gasteiger partial charge in [0.1, 0.15) is 0 Å². The monoisotopic (exact) mass is 264 g/mol. The smallest absolute Gasteiger partial charge is 0.167 e. The summed E-state index contributed by atoms with van der Waals surface area (Å²) in [6.45, 7) is 0.113. The molecular weight excluding hydrogens is 248 g/mol. The molecule has 2 nitrogen and oxygen atoms in total. The van der Waals surface area contributed by atoms with Gasteiger partial charge in [0.25, 0.3) is 0 Å². The van der Waals surface area contributed by atoms with Crippen LogP contribution in [0, 0.1) is 0 Å². The van der Waals surface area contributed by atoms with Crippen molar-refractivity contribution in [1.29, 1.82) is 0 Å². The Bertz CT molecular complexity index is 683. The lowest BCUT2D eigenvalue weighted by Crippen LogP contribution is -2.03. The molecule has 20 heavy (non-hydrogen) atoms. The molecule has 0 aromatic heterocycles. The third-order valence-electron chi connectivity index (χ3n) is 3.65. The minimum Gasteiger partial charge on any atom is -0.396 e.